The zero-order valence-electron chi connectivity index (χ0n) is 11.8. The van der Waals surface area contributed by atoms with Crippen molar-refractivity contribution in [2.75, 3.05) is 12.3 Å². The molecular weight excluding hydrogens is 267 g/mol. The number of fused-ring (bicyclic) bond motifs is 1. The topological polar surface area (TPSA) is 40.2 Å². The molecule has 21 heavy (non-hydrogen) atoms. The van der Waals surface area contributed by atoms with E-state index in [0.29, 0.717) is 24.4 Å². The minimum Gasteiger partial charge on any atom is -0.494 e. The normalized spacial score (nSPS) is 11.0. The number of rotatable bonds is 4. The minimum atomic E-state index is -0.275. The van der Waals surface area contributed by atoms with Gasteiger partial charge < -0.3 is 15.0 Å². The van der Waals surface area contributed by atoms with Crippen LogP contribution >= 0.6 is 0 Å². The smallest absolute Gasteiger partial charge is 0.130 e. The summed E-state index contributed by atoms with van der Waals surface area (Å²) in [6.45, 7) is 3.08. The van der Waals surface area contributed by atoms with E-state index in [1.165, 1.54) is 6.07 Å². The second-order valence-electron chi connectivity index (χ2n) is 4.95. The van der Waals surface area contributed by atoms with Gasteiger partial charge in [0.15, 0.2) is 0 Å². The van der Waals surface area contributed by atoms with Crippen LogP contribution in [0.25, 0.3) is 10.9 Å². The Labute approximate surface area is 122 Å². The summed E-state index contributed by atoms with van der Waals surface area (Å²) in [6, 6.07) is 12.7. The van der Waals surface area contributed by atoms with E-state index in [-0.39, 0.29) is 5.82 Å². The first-order chi connectivity index (χ1) is 10.2. The average molecular weight is 284 g/mol. The van der Waals surface area contributed by atoms with E-state index in [4.69, 9.17) is 10.5 Å². The van der Waals surface area contributed by atoms with Crippen LogP contribution in [-0.4, -0.2) is 11.2 Å². The van der Waals surface area contributed by atoms with Crippen molar-refractivity contribution in [3.05, 3.63) is 60.0 Å². The summed E-state index contributed by atoms with van der Waals surface area (Å²) in [5, 5.41) is 1.08. The van der Waals surface area contributed by atoms with Gasteiger partial charge in [-0.3, -0.25) is 0 Å². The number of aromatic nitrogens is 1. The van der Waals surface area contributed by atoms with Gasteiger partial charge in [0.2, 0.25) is 0 Å². The number of anilines is 1. The Hall–Kier alpha value is -2.49. The quantitative estimate of drug-likeness (QED) is 0.740. The van der Waals surface area contributed by atoms with E-state index < -0.39 is 0 Å². The molecule has 0 spiro atoms. The molecule has 2 N–H and O–H groups in total. The highest BCUT2D eigenvalue weighted by atomic mass is 19.1. The number of nitrogens with zero attached hydrogens (tertiary/aromatic N) is 1. The standard InChI is InChI=1S/C17H17FN2O/c1-2-21-15-5-6-17-12(9-15)7-8-20(17)11-13-3-4-14(19)10-16(13)18/h3-10H,2,11,19H2,1H3. The fraction of sp³-hybridized carbons (Fsp3) is 0.176. The van der Waals surface area contributed by atoms with E-state index in [1.54, 1.807) is 12.1 Å². The van der Waals surface area contributed by atoms with Gasteiger partial charge in [0.05, 0.1) is 13.2 Å². The highest BCUT2D eigenvalue weighted by Gasteiger charge is 2.07. The summed E-state index contributed by atoms with van der Waals surface area (Å²) < 4.78 is 21.4. The average Bonchev–Trinajstić information content (AvgIpc) is 2.85. The molecule has 3 nitrogen and oxygen atoms in total. The summed E-state index contributed by atoms with van der Waals surface area (Å²) in [5.74, 6) is 0.573. The lowest BCUT2D eigenvalue weighted by atomic mass is 10.2. The third kappa shape index (κ3) is 2.70. The van der Waals surface area contributed by atoms with Crippen LogP contribution in [0.15, 0.2) is 48.7 Å². The predicted octanol–water partition coefficient (Wildman–Crippen LogP) is 3.81. The molecule has 0 unspecified atom stereocenters. The molecular formula is C17H17FN2O. The van der Waals surface area contributed by atoms with Gasteiger partial charge in [-0.05, 0) is 43.3 Å². The Kier molecular flexibility index (Phi) is 3.52. The Morgan fingerprint density at radius 3 is 2.76 bits per heavy atom. The highest BCUT2D eigenvalue weighted by molar-refractivity contribution is 5.81. The van der Waals surface area contributed by atoms with Crippen LogP contribution in [0, 0.1) is 5.82 Å². The van der Waals surface area contributed by atoms with Crippen LogP contribution in [0.3, 0.4) is 0 Å². The Bertz CT molecular complexity index is 780. The van der Waals surface area contributed by atoms with Gasteiger partial charge in [-0.1, -0.05) is 6.07 Å². The molecule has 0 saturated heterocycles. The number of hydrogen-bond acceptors (Lipinski definition) is 2. The maximum Gasteiger partial charge on any atom is 0.130 e. The summed E-state index contributed by atoms with van der Waals surface area (Å²) in [4.78, 5) is 0. The van der Waals surface area contributed by atoms with Crippen molar-refractivity contribution in [1.82, 2.24) is 4.57 Å². The predicted molar refractivity (Wildman–Crippen MR) is 83.0 cm³/mol. The second kappa shape index (κ2) is 5.48. The molecule has 2 aromatic carbocycles. The lowest BCUT2D eigenvalue weighted by Crippen LogP contribution is -2.01. The first-order valence-corrected chi connectivity index (χ1v) is 6.93. The minimum absolute atomic E-state index is 0.275. The second-order valence-corrected chi connectivity index (χ2v) is 4.95. The fourth-order valence-corrected chi connectivity index (χ4v) is 2.45. The fourth-order valence-electron chi connectivity index (χ4n) is 2.45. The van der Waals surface area contributed by atoms with E-state index in [2.05, 4.69) is 0 Å². The van der Waals surface area contributed by atoms with Gasteiger partial charge in [-0.2, -0.15) is 0 Å². The monoisotopic (exact) mass is 284 g/mol. The largest absolute Gasteiger partial charge is 0.494 e. The molecule has 0 radical (unpaired) electrons. The van der Waals surface area contributed by atoms with Gasteiger partial charge in [0, 0.05) is 28.4 Å². The molecule has 108 valence electrons. The van der Waals surface area contributed by atoms with Crippen molar-refractivity contribution in [2.24, 2.45) is 0 Å². The van der Waals surface area contributed by atoms with Crippen molar-refractivity contribution < 1.29 is 9.13 Å². The summed E-state index contributed by atoms with van der Waals surface area (Å²) in [5.41, 5.74) is 7.69. The SMILES string of the molecule is CCOc1ccc2c(ccn2Cc2ccc(N)cc2F)c1. The van der Waals surface area contributed by atoms with Gasteiger partial charge in [0.1, 0.15) is 11.6 Å². The number of benzene rings is 2. The molecule has 3 rings (SSSR count). The summed E-state index contributed by atoms with van der Waals surface area (Å²) in [7, 11) is 0. The molecule has 0 aliphatic heterocycles. The molecule has 0 aliphatic carbocycles. The molecule has 0 atom stereocenters. The summed E-state index contributed by atoms with van der Waals surface area (Å²) >= 11 is 0. The molecule has 0 bridgehead atoms. The van der Waals surface area contributed by atoms with E-state index in [9.17, 15) is 4.39 Å². The van der Waals surface area contributed by atoms with Crippen molar-refractivity contribution in [1.29, 1.82) is 0 Å². The molecule has 1 aromatic heterocycles. The van der Waals surface area contributed by atoms with E-state index >= 15 is 0 Å². The maximum atomic E-state index is 13.9. The molecule has 0 fully saturated rings. The van der Waals surface area contributed by atoms with Crippen LogP contribution in [-0.2, 0) is 6.54 Å². The number of hydrogen-bond donors (Lipinski definition) is 1. The van der Waals surface area contributed by atoms with Gasteiger partial charge in [-0.15, -0.1) is 0 Å². The van der Waals surface area contributed by atoms with Crippen LogP contribution in [0.5, 0.6) is 5.75 Å². The Morgan fingerprint density at radius 1 is 1.14 bits per heavy atom. The Balaban J connectivity index is 1.94. The van der Waals surface area contributed by atoms with Crippen LogP contribution in [0.4, 0.5) is 10.1 Å². The van der Waals surface area contributed by atoms with Crippen molar-refractivity contribution >= 4 is 16.6 Å². The third-order valence-electron chi connectivity index (χ3n) is 3.47. The first-order valence-electron chi connectivity index (χ1n) is 6.93. The molecule has 4 heteroatoms. The van der Waals surface area contributed by atoms with Crippen LogP contribution in [0.1, 0.15) is 12.5 Å². The lowest BCUT2D eigenvalue weighted by Gasteiger charge is -2.08. The zero-order valence-corrected chi connectivity index (χ0v) is 11.8. The molecule has 0 amide bonds. The summed E-state index contributed by atoms with van der Waals surface area (Å²) in [6.07, 6.45) is 1.95. The first kappa shape index (κ1) is 13.5. The molecule has 0 saturated carbocycles. The number of halogens is 1. The van der Waals surface area contributed by atoms with Gasteiger partial charge in [0.25, 0.3) is 0 Å². The number of nitrogens with two attached hydrogens (primary N) is 1. The maximum absolute atomic E-state index is 13.9. The molecule has 3 aromatic rings. The van der Waals surface area contributed by atoms with Gasteiger partial charge in [-0.25, -0.2) is 4.39 Å². The highest BCUT2D eigenvalue weighted by Crippen LogP contribution is 2.23. The van der Waals surface area contributed by atoms with E-state index in [0.717, 1.165) is 16.7 Å². The van der Waals surface area contributed by atoms with Crippen LogP contribution < -0.4 is 10.5 Å². The Morgan fingerprint density at radius 2 is 2.00 bits per heavy atom. The number of ether oxygens (including phenoxy) is 1. The van der Waals surface area contributed by atoms with Crippen molar-refractivity contribution in [2.45, 2.75) is 13.5 Å². The molecule has 1 heterocycles. The van der Waals surface area contributed by atoms with Gasteiger partial charge >= 0.3 is 0 Å². The lowest BCUT2D eigenvalue weighted by molar-refractivity contribution is 0.340. The van der Waals surface area contributed by atoms with E-state index in [1.807, 2.05) is 42.0 Å². The van der Waals surface area contributed by atoms with Crippen LogP contribution in [0.2, 0.25) is 0 Å². The van der Waals surface area contributed by atoms with Crippen molar-refractivity contribution in [3.63, 3.8) is 0 Å². The number of nitrogen functional groups attached to an aromatic ring is 1. The molecule has 0 aliphatic rings. The zero-order chi connectivity index (χ0) is 14.8. The van der Waals surface area contributed by atoms with Crippen molar-refractivity contribution in [3.8, 4) is 5.75 Å². The third-order valence-corrected chi connectivity index (χ3v) is 3.47.